The van der Waals surface area contributed by atoms with Gasteiger partial charge in [-0.2, -0.15) is 0 Å². The standard InChI is InChI=1S/C17H22F3N3O2/c1-21-16(22-10-11-5-4-8-24-11)23-14-9-13(14)12-6-2-3-7-15(12)25-17(18,19)20/h2-3,6-7,11,13-14H,4-5,8-10H2,1H3,(H2,21,22,23). The lowest BCUT2D eigenvalue weighted by Gasteiger charge is -2.16. The van der Waals surface area contributed by atoms with E-state index in [2.05, 4.69) is 20.4 Å². The molecule has 1 heterocycles. The topological polar surface area (TPSA) is 54.9 Å². The summed E-state index contributed by atoms with van der Waals surface area (Å²) in [5.41, 5.74) is 0.562. The molecule has 2 aliphatic rings. The normalized spacial score (nSPS) is 26.4. The molecule has 0 spiro atoms. The summed E-state index contributed by atoms with van der Waals surface area (Å²) in [6.07, 6.45) is -1.67. The van der Waals surface area contributed by atoms with Gasteiger partial charge in [0.2, 0.25) is 0 Å². The van der Waals surface area contributed by atoms with Crippen LogP contribution in [0.3, 0.4) is 0 Å². The Morgan fingerprint density at radius 3 is 2.84 bits per heavy atom. The minimum absolute atomic E-state index is 0.0279. The molecule has 0 radical (unpaired) electrons. The highest BCUT2D eigenvalue weighted by atomic mass is 19.4. The van der Waals surface area contributed by atoms with Gasteiger partial charge in [0.05, 0.1) is 6.10 Å². The maximum absolute atomic E-state index is 12.5. The molecule has 0 amide bonds. The molecule has 1 aliphatic heterocycles. The molecular weight excluding hydrogens is 335 g/mol. The van der Waals surface area contributed by atoms with Gasteiger partial charge in [0.1, 0.15) is 5.75 Å². The van der Waals surface area contributed by atoms with Crippen molar-refractivity contribution in [2.24, 2.45) is 4.99 Å². The van der Waals surface area contributed by atoms with Gasteiger partial charge in [0, 0.05) is 32.2 Å². The Balaban J connectivity index is 1.55. The summed E-state index contributed by atoms with van der Waals surface area (Å²) >= 11 is 0. The fourth-order valence-corrected chi connectivity index (χ4v) is 3.09. The van der Waals surface area contributed by atoms with Gasteiger partial charge in [-0.25, -0.2) is 0 Å². The zero-order valence-corrected chi connectivity index (χ0v) is 14.0. The first kappa shape index (κ1) is 17.8. The highest BCUT2D eigenvalue weighted by Gasteiger charge is 2.42. The molecule has 3 rings (SSSR count). The average Bonchev–Trinajstić information content (AvgIpc) is 3.11. The van der Waals surface area contributed by atoms with Crippen molar-refractivity contribution in [2.45, 2.75) is 43.7 Å². The Kier molecular flexibility index (Phi) is 5.36. The van der Waals surface area contributed by atoms with E-state index in [0.717, 1.165) is 25.9 Å². The van der Waals surface area contributed by atoms with Gasteiger partial charge in [-0.15, -0.1) is 13.2 Å². The predicted molar refractivity (Wildman–Crippen MR) is 87.7 cm³/mol. The van der Waals surface area contributed by atoms with E-state index in [9.17, 15) is 13.2 Å². The van der Waals surface area contributed by atoms with Crippen LogP contribution in [0.5, 0.6) is 5.75 Å². The van der Waals surface area contributed by atoms with Crippen molar-refractivity contribution >= 4 is 5.96 Å². The van der Waals surface area contributed by atoms with Crippen LogP contribution < -0.4 is 15.4 Å². The number of hydrogen-bond donors (Lipinski definition) is 2. The highest BCUT2D eigenvalue weighted by molar-refractivity contribution is 5.80. The molecule has 1 saturated carbocycles. The number of guanidine groups is 1. The van der Waals surface area contributed by atoms with Crippen molar-refractivity contribution < 1.29 is 22.6 Å². The molecule has 2 fully saturated rings. The minimum atomic E-state index is -4.69. The highest BCUT2D eigenvalue weighted by Crippen LogP contribution is 2.45. The van der Waals surface area contributed by atoms with E-state index < -0.39 is 6.36 Å². The SMILES string of the molecule is CN=C(NCC1CCCO1)NC1CC1c1ccccc1OC(F)(F)F. The lowest BCUT2D eigenvalue weighted by molar-refractivity contribution is -0.274. The van der Waals surface area contributed by atoms with Gasteiger partial charge in [-0.05, 0) is 30.9 Å². The Bertz CT molecular complexity index is 615. The summed E-state index contributed by atoms with van der Waals surface area (Å²) in [6.45, 7) is 1.46. The minimum Gasteiger partial charge on any atom is -0.405 e. The average molecular weight is 357 g/mol. The fourth-order valence-electron chi connectivity index (χ4n) is 3.09. The van der Waals surface area contributed by atoms with Crippen molar-refractivity contribution in [1.82, 2.24) is 10.6 Å². The zero-order valence-electron chi connectivity index (χ0n) is 14.0. The van der Waals surface area contributed by atoms with Crippen molar-refractivity contribution in [2.75, 3.05) is 20.2 Å². The maximum Gasteiger partial charge on any atom is 0.573 e. The van der Waals surface area contributed by atoms with E-state index >= 15 is 0 Å². The van der Waals surface area contributed by atoms with Crippen LogP contribution in [0.4, 0.5) is 13.2 Å². The second-order valence-corrected chi connectivity index (χ2v) is 6.27. The number of alkyl halides is 3. The molecule has 1 aromatic rings. The van der Waals surface area contributed by atoms with Crippen LogP contribution in [0.15, 0.2) is 29.3 Å². The monoisotopic (exact) mass is 357 g/mol. The smallest absolute Gasteiger partial charge is 0.405 e. The number of rotatable bonds is 5. The van der Waals surface area contributed by atoms with Crippen LogP contribution >= 0.6 is 0 Å². The third-order valence-electron chi connectivity index (χ3n) is 4.40. The van der Waals surface area contributed by atoms with Gasteiger partial charge in [0.25, 0.3) is 0 Å². The number of para-hydroxylation sites is 1. The van der Waals surface area contributed by atoms with Crippen LogP contribution in [-0.4, -0.2) is 44.7 Å². The van der Waals surface area contributed by atoms with E-state index in [0.29, 0.717) is 18.1 Å². The Labute approximate surface area is 144 Å². The van der Waals surface area contributed by atoms with Gasteiger partial charge in [0.15, 0.2) is 5.96 Å². The molecule has 8 heteroatoms. The third-order valence-corrected chi connectivity index (χ3v) is 4.40. The summed E-state index contributed by atoms with van der Waals surface area (Å²) < 4.78 is 47.3. The third kappa shape index (κ3) is 5.01. The van der Waals surface area contributed by atoms with Crippen molar-refractivity contribution in [3.63, 3.8) is 0 Å². The van der Waals surface area contributed by atoms with Crippen LogP contribution in [0.25, 0.3) is 0 Å². The zero-order chi connectivity index (χ0) is 17.9. The molecule has 0 bridgehead atoms. The second kappa shape index (κ2) is 7.51. The predicted octanol–water partition coefficient (Wildman–Crippen LogP) is 2.79. The van der Waals surface area contributed by atoms with Crippen molar-refractivity contribution in [1.29, 1.82) is 0 Å². The number of nitrogens with one attached hydrogen (secondary N) is 2. The van der Waals surface area contributed by atoms with Gasteiger partial charge >= 0.3 is 6.36 Å². The lowest BCUT2D eigenvalue weighted by atomic mass is 10.1. The van der Waals surface area contributed by atoms with E-state index in [1.165, 1.54) is 12.1 Å². The number of benzene rings is 1. The number of nitrogens with zero attached hydrogens (tertiary/aromatic N) is 1. The molecule has 1 aliphatic carbocycles. The fraction of sp³-hybridized carbons (Fsp3) is 0.588. The van der Waals surface area contributed by atoms with Crippen molar-refractivity contribution in [3.05, 3.63) is 29.8 Å². The van der Waals surface area contributed by atoms with Crippen LogP contribution in [0, 0.1) is 0 Å². The van der Waals surface area contributed by atoms with Gasteiger partial charge in [-0.3, -0.25) is 4.99 Å². The molecule has 3 atom stereocenters. The first-order chi connectivity index (χ1) is 12.0. The van der Waals surface area contributed by atoms with Crippen LogP contribution in [-0.2, 0) is 4.74 Å². The van der Waals surface area contributed by atoms with Gasteiger partial charge in [-0.1, -0.05) is 18.2 Å². The van der Waals surface area contributed by atoms with Crippen LogP contribution in [0.1, 0.15) is 30.7 Å². The molecule has 2 N–H and O–H groups in total. The van der Waals surface area contributed by atoms with E-state index in [-0.39, 0.29) is 23.8 Å². The largest absolute Gasteiger partial charge is 0.573 e. The maximum atomic E-state index is 12.5. The molecule has 3 unspecified atom stereocenters. The molecule has 1 saturated heterocycles. The van der Waals surface area contributed by atoms with E-state index in [4.69, 9.17) is 4.74 Å². The number of ether oxygens (including phenoxy) is 2. The summed E-state index contributed by atoms with van der Waals surface area (Å²) in [5.74, 6) is 0.476. The Hall–Kier alpha value is -1.96. The molecule has 1 aromatic carbocycles. The lowest BCUT2D eigenvalue weighted by Crippen LogP contribution is -2.42. The first-order valence-corrected chi connectivity index (χ1v) is 8.39. The molecule has 138 valence electrons. The number of halogens is 3. The summed E-state index contributed by atoms with van der Waals surface area (Å²) in [6, 6.07) is 6.32. The number of hydrogen-bond acceptors (Lipinski definition) is 3. The van der Waals surface area contributed by atoms with E-state index in [1.54, 1.807) is 19.2 Å². The van der Waals surface area contributed by atoms with E-state index in [1.807, 2.05) is 0 Å². The van der Waals surface area contributed by atoms with Crippen molar-refractivity contribution in [3.8, 4) is 5.75 Å². The van der Waals surface area contributed by atoms with Gasteiger partial charge < -0.3 is 20.1 Å². The molecule has 0 aromatic heterocycles. The summed E-state index contributed by atoms with van der Waals surface area (Å²) in [7, 11) is 1.67. The second-order valence-electron chi connectivity index (χ2n) is 6.27. The Morgan fingerprint density at radius 1 is 1.36 bits per heavy atom. The Morgan fingerprint density at radius 2 is 2.16 bits per heavy atom. The number of aliphatic imine (C=N–C) groups is 1. The summed E-state index contributed by atoms with van der Waals surface area (Å²) in [5, 5.41) is 6.46. The summed E-state index contributed by atoms with van der Waals surface area (Å²) in [4.78, 5) is 4.17. The molecule has 5 nitrogen and oxygen atoms in total. The molecular formula is C17H22F3N3O2. The molecule has 25 heavy (non-hydrogen) atoms. The van der Waals surface area contributed by atoms with Crippen LogP contribution in [0.2, 0.25) is 0 Å². The first-order valence-electron chi connectivity index (χ1n) is 8.39. The quantitative estimate of drug-likeness (QED) is 0.629.